The van der Waals surface area contributed by atoms with Gasteiger partial charge in [0.2, 0.25) is 0 Å². The van der Waals surface area contributed by atoms with Crippen molar-refractivity contribution in [2.45, 2.75) is 31.8 Å². The maximum atomic E-state index is 13.0. The molecule has 0 radical (unpaired) electrons. The fraction of sp³-hybridized carbons (Fsp3) is 0.278. The van der Waals surface area contributed by atoms with Crippen LogP contribution < -0.4 is 10.4 Å². The SMILES string of the molecule is Cc1cccc(Nc2ccc(C(O)(C(F)(F)F)C(F)(F)F)cc2C(=O)[O-])c1C. The van der Waals surface area contributed by atoms with Gasteiger partial charge in [0.1, 0.15) is 0 Å². The number of alkyl halides is 6. The smallest absolute Gasteiger partial charge is 0.430 e. The van der Waals surface area contributed by atoms with Crippen molar-refractivity contribution in [3.05, 3.63) is 58.7 Å². The topological polar surface area (TPSA) is 72.4 Å². The Morgan fingerprint density at radius 1 is 0.964 bits per heavy atom. The third kappa shape index (κ3) is 3.64. The normalized spacial score (nSPS) is 12.8. The number of aromatic carboxylic acids is 1. The molecule has 4 nitrogen and oxygen atoms in total. The van der Waals surface area contributed by atoms with Crippen LogP contribution in [0.2, 0.25) is 0 Å². The molecule has 2 aromatic rings. The Kier molecular flexibility index (Phi) is 5.39. The summed E-state index contributed by atoms with van der Waals surface area (Å²) in [4.78, 5) is 11.3. The van der Waals surface area contributed by atoms with Gasteiger partial charge >= 0.3 is 12.4 Å². The Morgan fingerprint density at radius 2 is 1.54 bits per heavy atom. The highest BCUT2D eigenvalue weighted by atomic mass is 19.4. The van der Waals surface area contributed by atoms with Crippen LogP contribution in [-0.2, 0) is 5.60 Å². The van der Waals surface area contributed by atoms with Crippen LogP contribution in [0.25, 0.3) is 0 Å². The van der Waals surface area contributed by atoms with Crippen LogP contribution >= 0.6 is 0 Å². The van der Waals surface area contributed by atoms with Crippen molar-refractivity contribution >= 4 is 17.3 Å². The highest BCUT2D eigenvalue weighted by molar-refractivity contribution is 5.94. The first-order valence-electron chi connectivity index (χ1n) is 7.75. The Hall–Kier alpha value is -2.75. The summed E-state index contributed by atoms with van der Waals surface area (Å²) in [7, 11) is 0. The van der Waals surface area contributed by atoms with E-state index in [1.807, 2.05) is 0 Å². The predicted molar refractivity (Wildman–Crippen MR) is 86.0 cm³/mol. The van der Waals surface area contributed by atoms with E-state index in [0.29, 0.717) is 23.4 Å². The van der Waals surface area contributed by atoms with Crippen molar-refractivity contribution in [3.63, 3.8) is 0 Å². The van der Waals surface area contributed by atoms with E-state index in [1.54, 1.807) is 32.0 Å². The molecule has 0 aromatic heterocycles. The number of halogens is 6. The molecule has 0 amide bonds. The Balaban J connectivity index is 2.63. The largest absolute Gasteiger partial charge is 0.545 e. The van der Waals surface area contributed by atoms with Gasteiger partial charge in [-0.2, -0.15) is 26.3 Å². The molecular formula is C18H14F6NO3-. The minimum absolute atomic E-state index is 0.101. The number of aryl methyl sites for hydroxylation is 1. The first-order valence-corrected chi connectivity index (χ1v) is 7.75. The molecule has 0 saturated heterocycles. The van der Waals surface area contributed by atoms with E-state index in [1.165, 1.54) is 0 Å². The highest BCUT2D eigenvalue weighted by Crippen LogP contribution is 2.50. The molecule has 2 rings (SSSR count). The number of anilines is 2. The van der Waals surface area contributed by atoms with Crippen molar-refractivity contribution in [2.75, 3.05) is 5.32 Å². The van der Waals surface area contributed by atoms with Gasteiger partial charge in [0.25, 0.3) is 5.60 Å². The van der Waals surface area contributed by atoms with Crippen LogP contribution in [0.3, 0.4) is 0 Å². The molecule has 0 unspecified atom stereocenters. The zero-order chi connectivity index (χ0) is 21.5. The molecular weight excluding hydrogens is 392 g/mol. The number of carboxylic acid groups (broad SMARTS) is 1. The van der Waals surface area contributed by atoms with E-state index in [2.05, 4.69) is 5.32 Å². The van der Waals surface area contributed by atoms with Gasteiger partial charge in [0.15, 0.2) is 0 Å². The first kappa shape index (κ1) is 21.5. The summed E-state index contributed by atoms with van der Waals surface area (Å²) in [6, 6.07) is 6.12. The second kappa shape index (κ2) is 7.01. The standard InChI is InChI=1S/C18H15F6NO3/c1-9-4-3-5-13(10(9)2)25-14-7-6-11(8-12(14)15(26)27)16(28,17(19,20)21)18(22,23)24/h3-8,25,28H,1-2H3,(H,26,27)/p-1. The zero-order valence-corrected chi connectivity index (χ0v) is 14.5. The molecule has 28 heavy (non-hydrogen) atoms. The van der Waals surface area contributed by atoms with Gasteiger partial charge in [0, 0.05) is 22.5 Å². The van der Waals surface area contributed by atoms with Gasteiger partial charge in [0.05, 0.1) is 5.97 Å². The van der Waals surface area contributed by atoms with Gasteiger partial charge in [-0.1, -0.05) is 18.2 Å². The second-order valence-corrected chi connectivity index (χ2v) is 6.13. The van der Waals surface area contributed by atoms with Crippen molar-refractivity contribution < 1.29 is 41.4 Å². The fourth-order valence-corrected chi connectivity index (χ4v) is 2.57. The molecule has 2 aromatic carbocycles. The number of nitrogens with one attached hydrogen (secondary N) is 1. The Morgan fingerprint density at radius 3 is 2.04 bits per heavy atom. The van der Waals surface area contributed by atoms with E-state index in [-0.39, 0.29) is 11.8 Å². The lowest BCUT2D eigenvalue weighted by Gasteiger charge is -2.33. The van der Waals surface area contributed by atoms with E-state index in [4.69, 9.17) is 0 Å². The average Bonchev–Trinajstić information content (AvgIpc) is 2.56. The number of hydrogen-bond acceptors (Lipinski definition) is 4. The summed E-state index contributed by atoms with van der Waals surface area (Å²) in [6.07, 6.45) is -12.3. The number of benzene rings is 2. The van der Waals surface area contributed by atoms with E-state index < -0.39 is 35.0 Å². The van der Waals surface area contributed by atoms with E-state index >= 15 is 0 Å². The molecule has 0 aliphatic carbocycles. The lowest BCUT2D eigenvalue weighted by molar-refractivity contribution is -0.376. The van der Waals surface area contributed by atoms with E-state index in [9.17, 15) is 41.4 Å². The first-order chi connectivity index (χ1) is 12.7. The molecule has 0 heterocycles. The van der Waals surface area contributed by atoms with Gasteiger partial charge in [-0.3, -0.25) is 0 Å². The number of rotatable bonds is 4. The van der Waals surface area contributed by atoms with Crippen molar-refractivity contribution in [1.29, 1.82) is 0 Å². The summed E-state index contributed by atoms with van der Waals surface area (Å²) >= 11 is 0. The van der Waals surface area contributed by atoms with Crippen LogP contribution in [0, 0.1) is 13.8 Å². The number of aliphatic hydroxyl groups is 1. The third-order valence-corrected chi connectivity index (χ3v) is 4.35. The highest BCUT2D eigenvalue weighted by Gasteiger charge is 2.71. The minimum atomic E-state index is -6.13. The third-order valence-electron chi connectivity index (χ3n) is 4.35. The quantitative estimate of drug-likeness (QED) is 0.760. The van der Waals surface area contributed by atoms with Crippen LogP contribution in [-0.4, -0.2) is 23.4 Å². The molecule has 0 aliphatic rings. The summed E-state index contributed by atoms with van der Waals surface area (Å²) in [5.74, 6) is -2.01. The van der Waals surface area contributed by atoms with Crippen LogP contribution in [0.4, 0.5) is 37.7 Å². The van der Waals surface area contributed by atoms with Gasteiger partial charge in [-0.15, -0.1) is 0 Å². The van der Waals surface area contributed by atoms with Gasteiger partial charge in [-0.05, 0) is 43.2 Å². The molecule has 0 atom stereocenters. The molecule has 0 spiro atoms. The molecule has 0 saturated carbocycles. The molecule has 0 bridgehead atoms. The van der Waals surface area contributed by atoms with Crippen LogP contribution in [0.5, 0.6) is 0 Å². The average molecular weight is 406 g/mol. The maximum Gasteiger partial charge on any atom is 0.430 e. The Bertz CT molecular complexity index is 891. The minimum Gasteiger partial charge on any atom is -0.545 e. The predicted octanol–water partition coefficient (Wildman–Crippen LogP) is 3.72. The number of carbonyl (C=O) groups excluding carboxylic acids is 1. The van der Waals surface area contributed by atoms with Crippen molar-refractivity contribution in [3.8, 4) is 0 Å². The number of carboxylic acids is 1. The molecule has 10 heteroatoms. The fourth-order valence-electron chi connectivity index (χ4n) is 2.57. The van der Waals surface area contributed by atoms with Gasteiger partial charge < -0.3 is 20.3 Å². The molecule has 0 fully saturated rings. The summed E-state index contributed by atoms with van der Waals surface area (Å²) in [5, 5.41) is 23.4. The summed E-state index contributed by atoms with van der Waals surface area (Å²) < 4.78 is 78.1. The number of carbonyl (C=O) groups is 1. The molecule has 0 aliphatic heterocycles. The molecule has 2 N–H and O–H groups in total. The maximum absolute atomic E-state index is 13.0. The molecule has 152 valence electrons. The lowest BCUT2D eigenvalue weighted by Crippen LogP contribution is -2.54. The van der Waals surface area contributed by atoms with Crippen LogP contribution in [0.15, 0.2) is 36.4 Å². The monoisotopic (exact) mass is 406 g/mol. The van der Waals surface area contributed by atoms with E-state index in [0.717, 1.165) is 5.56 Å². The van der Waals surface area contributed by atoms with Gasteiger partial charge in [-0.25, -0.2) is 0 Å². The van der Waals surface area contributed by atoms with Crippen molar-refractivity contribution in [2.24, 2.45) is 0 Å². The second-order valence-electron chi connectivity index (χ2n) is 6.13. The van der Waals surface area contributed by atoms with Crippen LogP contribution in [0.1, 0.15) is 27.0 Å². The zero-order valence-electron chi connectivity index (χ0n) is 14.5. The Labute approximate surface area is 155 Å². The summed E-state index contributed by atoms with van der Waals surface area (Å²) in [5.41, 5.74) is -6.26. The number of hydrogen-bond donors (Lipinski definition) is 2. The van der Waals surface area contributed by atoms with Crippen molar-refractivity contribution in [1.82, 2.24) is 0 Å². The lowest BCUT2D eigenvalue weighted by atomic mass is 9.90. The summed E-state index contributed by atoms with van der Waals surface area (Å²) in [6.45, 7) is 3.45.